The fraction of sp³-hybridized carbons (Fsp3) is 0.158. The maximum Gasteiger partial charge on any atom is 0.252 e. The van der Waals surface area contributed by atoms with Crippen LogP contribution in [0.2, 0.25) is 0 Å². The van der Waals surface area contributed by atoms with Gasteiger partial charge in [-0.15, -0.1) is 0 Å². The van der Waals surface area contributed by atoms with Gasteiger partial charge in [0.2, 0.25) is 5.91 Å². The number of hydrogen-bond acceptors (Lipinski definition) is 4. The van der Waals surface area contributed by atoms with Crippen LogP contribution in [0.25, 0.3) is 5.82 Å². The topological polar surface area (TPSA) is 88.9 Å². The number of benzene rings is 1. The predicted octanol–water partition coefficient (Wildman–Crippen LogP) is 1.76. The summed E-state index contributed by atoms with van der Waals surface area (Å²) in [6, 6.07) is 10.8. The van der Waals surface area contributed by atoms with E-state index in [0.717, 1.165) is 16.9 Å². The van der Waals surface area contributed by atoms with E-state index in [1.165, 1.54) is 0 Å². The molecule has 130 valence electrons. The zero-order valence-electron chi connectivity index (χ0n) is 13.9. The molecule has 0 bridgehead atoms. The van der Waals surface area contributed by atoms with E-state index in [0.29, 0.717) is 12.1 Å². The minimum Gasteiger partial charge on any atom is -0.352 e. The summed E-state index contributed by atoms with van der Waals surface area (Å²) in [4.78, 5) is 32.7. The van der Waals surface area contributed by atoms with Crippen LogP contribution >= 0.6 is 0 Å². The number of carbonyl (C=O) groups excluding carboxylic acids is 2. The first kappa shape index (κ1) is 16.0. The van der Waals surface area contributed by atoms with Gasteiger partial charge >= 0.3 is 0 Å². The van der Waals surface area contributed by atoms with Crippen LogP contribution in [-0.4, -0.2) is 26.3 Å². The lowest BCUT2D eigenvalue weighted by molar-refractivity contribution is -0.121. The van der Waals surface area contributed by atoms with Crippen LogP contribution < -0.4 is 10.6 Å². The third-order valence-electron chi connectivity index (χ3n) is 4.37. The van der Waals surface area contributed by atoms with E-state index in [1.54, 1.807) is 35.6 Å². The lowest BCUT2D eigenvalue weighted by atomic mass is 10.0. The molecule has 1 aliphatic heterocycles. The summed E-state index contributed by atoms with van der Waals surface area (Å²) >= 11 is 0. The van der Waals surface area contributed by atoms with Crippen molar-refractivity contribution in [2.45, 2.75) is 19.0 Å². The molecular weight excluding hydrogens is 330 g/mol. The van der Waals surface area contributed by atoms with E-state index in [4.69, 9.17) is 0 Å². The molecular formula is C19H17N5O2. The highest BCUT2D eigenvalue weighted by Crippen LogP contribution is 2.27. The molecule has 2 amide bonds. The number of aromatic nitrogens is 3. The fourth-order valence-electron chi connectivity index (χ4n) is 3.12. The molecule has 0 unspecified atom stereocenters. The highest BCUT2D eigenvalue weighted by Gasteiger charge is 2.29. The van der Waals surface area contributed by atoms with Gasteiger partial charge in [0.25, 0.3) is 5.91 Å². The van der Waals surface area contributed by atoms with Gasteiger partial charge < -0.3 is 10.6 Å². The average molecular weight is 347 g/mol. The summed E-state index contributed by atoms with van der Waals surface area (Å²) in [5.41, 5.74) is 2.39. The number of carbonyl (C=O) groups is 2. The monoisotopic (exact) mass is 347 g/mol. The van der Waals surface area contributed by atoms with Crippen molar-refractivity contribution in [2.24, 2.45) is 0 Å². The van der Waals surface area contributed by atoms with Gasteiger partial charge in [-0.3, -0.25) is 14.2 Å². The van der Waals surface area contributed by atoms with E-state index in [9.17, 15) is 9.59 Å². The summed E-state index contributed by atoms with van der Waals surface area (Å²) in [6.45, 7) is 0.350. The number of imidazole rings is 1. The zero-order valence-corrected chi connectivity index (χ0v) is 13.9. The van der Waals surface area contributed by atoms with Crippen molar-refractivity contribution in [3.05, 3.63) is 78.0 Å². The largest absolute Gasteiger partial charge is 0.352 e. The Hall–Kier alpha value is -3.48. The molecule has 0 spiro atoms. The van der Waals surface area contributed by atoms with Crippen LogP contribution in [0.15, 0.2) is 61.3 Å². The molecule has 4 rings (SSSR count). The molecule has 0 saturated heterocycles. The molecule has 0 saturated carbocycles. The molecule has 2 aromatic heterocycles. The molecule has 0 radical (unpaired) electrons. The number of fused-ring (bicyclic) bond motifs is 1. The fourth-order valence-corrected chi connectivity index (χ4v) is 3.12. The van der Waals surface area contributed by atoms with Crippen LogP contribution in [0.3, 0.4) is 0 Å². The van der Waals surface area contributed by atoms with Crippen molar-refractivity contribution < 1.29 is 9.59 Å². The zero-order chi connectivity index (χ0) is 17.9. The Morgan fingerprint density at radius 1 is 1.19 bits per heavy atom. The summed E-state index contributed by atoms with van der Waals surface area (Å²) in [6.07, 6.45) is 7.05. The first-order valence-electron chi connectivity index (χ1n) is 8.31. The molecule has 1 aromatic carbocycles. The van der Waals surface area contributed by atoms with Crippen molar-refractivity contribution in [2.75, 3.05) is 0 Å². The van der Waals surface area contributed by atoms with Crippen molar-refractivity contribution in [3.8, 4) is 5.82 Å². The molecule has 7 nitrogen and oxygen atoms in total. The van der Waals surface area contributed by atoms with E-state index in [-0.39, 0.29) is 24.3 Å². The van der Waals surface area contributed by atoms with Crippen molar-refractivity contribution in [3.63, 3.8) is 0 Å². The van der Waals surface area contributed by atoms with Gasteiger partial charge in [0.05, 0.1) is 12.5 Å². The second-order valence-electron chi connectivity index (χ2n) is 6.05. The molecule has 1 aliphatic rings. The molecule has 3 heterocycles. The summed E-state index contributed by atoms with van der Waals surface area (Å²) in [5.74, 6) is 0.463. The maximum atomic E-state index is 12.4. The highest BCUT2D eigenvalue weighted by atomic mass is 16.2. The Morgan fingerprint density at radius 3 is 2.92 bits per heavy atom. The number of pyridine rings is 1. The van der Waals surface area contributed by atoms with E-state index in [1.807, 2.05) is 30.3 Å². The van der Waals surface area contributed by atoms with Gasteiger partial charge in [0.15, 0.2) is 0 Å². The van der Waals surface area contributed by atoms with Gasteiger partial charge in [-0.25, -0.2) is 9.97 Å². The third kappa shape index (κ3) is 3.06. The first-order chi connectivity index (χ1) is 12.7. The Kier molecular flexibility index (Phi) is 4.18. The molecule has 7 heteroatoms. The van der Waals surface area contributed by atoms with Gasteiger partial charge in [0, 0.05) is 36.3 Å². The maximum absolute atomic E-state index is 12.4. The van der Waals surface area contributed by atoms with Crippen molar-refractivity contribution in [1.82, 2.24) is 25.2 Å². The second kappa shape index (κ2) is 6.79. The lowest BCUT2D eigenvalue weighted by Gasteiger charge is -2.13. The SMILES string of the molecule is O=C(C[C@@H]1NC(=O)c2ccccc21)NCc1cccnc1-n1ccnc1. The molecule has 3 aromatic rings. The van der Waals surface area contributed by atoms with Crippen LogP contribution in [0.5, 0.6) is 0 Å². The van der Waals surface area contributed by atoms with Gasteiger partial charge in [-0.05, 0) is 17.7 Å². The van der Waals surface area contributed by atoms with Crippen LogP contribution in [0, 0.1) is 0 Å². The molecule has 2 N–H and O–H groups in total. The Balaban J connectivity index is 1.42. The molecule has 0 fully saturated rings. The average Bonchev–Trinajstić information content (AvgIpc) is 3.30. The smallest absolute Gasteiger partial charge is 0.252 e. The standard InChI is InChI=1S/C19H17N5O2/c25-17(10-16-14-5-1-2-6-15(14)19(26)23-16)22-11-13-4-3-7-21-18(13)24-9-8-20-12-24/h1-9,12,16H,10-11H2,(H,22,25)(H,23,26)/t16-/m0/s1. The van der Waals surface area contributed by atoms with Crippen LogP contribution in [0.4, 0.5) is 0 Å². The first-order valence-corrected chi connectivity index (χ1v) is 8.31. The second-order valence-corrected chi connectivity index (χ2v) is 6.05. The molecule has 26 heavy (non-hydrogen) atoms. The highest BCUT2D eigenvalue weighted by molar-refractivity contribution is 5.99. The summed E-state index contributed by atoms with van der Waals surface area (Å²) in [5, 5.41) is 5.77. The Labute approximate surface area is 150 Å². The van der Waals surface area contributed by atoms with Crippen LogP contribution in [-0.2, 0) is 11.3 Å². The van der Waals surface area contributed by atoms with Gasteiger partial charge in [0.1, 0.15) is 12.1 Å². The third-order valence-corrected chi connectivity index (χ3v) is 4.37. The lowest BCUT2D eigenvalue weighted by Crippen LogP contribution is -2.29. The minimum atomic E-state index is -0.291. The van der Waals surface area contributed by atoms with Crippen molar-refractivity contribution >= 4 is 11.8 Å². The van der Waals surface area contributed by atoms with E-state index < -0.39 is 0 Å². The predicted molar refractivity (Wildman–Crippen MR) is 94.5 cm³/mol. The summed E-state index contributed by atoms with van der Waals surface area (Å²) < 4.78 is 1.80. The number of hydrogen-bond donors (Lipinski definition) is 2. The minimum absolute atomic E-state index is 0.131. The number of amides is 2. The normalized spacial score (nSPS) is 15.4. The molecule has 1 atom stereocenters. The van der Waals surface area contributed by atoms with E-state index in [2.05, 4.69) is 20.6 Å². The van der Waals surface area contributed by atoms with Gasteiger partial charge in [-0.2, -0.15) is 0 Å². The van der Waals surface area contributed by atoms with Crippen molar-refractivity contribution in [1.29, 1.82) is 0 Å². The number of rotatable bonds is 5. The van der Waals surface area contributed by atoms with Gasteiger partial charge in [-0.1, -0.05) is 24.3 Å². The molecule has 0 aliphatic carbocycles. The Morgan fingerprint density at radius 2 is 2.08 bits per heavy atom. The van der Waals surface area contributed by atoms with Crippen LogP contribution in [0.1, 0.15) is 33.9 Å². The van der Waals surface area contributed by atoms with E-state index >= 15 is 0 Å². The Bertz CT molecular complexity index is 952. The quantitative estimate of drug-likeness (QED) is 0.736. The number of nitrogens with one attached hydrogen (secondary N) is 2. The summed E-state index contributed by atoms with van der Waals surface area (Å²) in [7, 11) is 0. The number of nitrogens with zero attached hydrogens (tertiary/aromatic N) is 3.